The third-order valence-electron chi connectivity index (χ3n) is 3.26. The molecule has 0 bridgehead atoms. The Bertz CT molecular complexity index is 432. The molecule has 1 N–H and O–H groups in total. The van der Waals surface area contributed by atoms with E-state index in [0.29, 0.717) is 18.5 Å². The number of carboxylic acids is 1. The van der Waals surface area contributed by atoms with Crippen molar-refractivity contribution in [2.24, 2.45) is 0 Å². The van der Waals surface area contributed by atoms with Crippen LogP contribution in [0.1, 0.15) is 12.8 Å². The highest BCUT2D eigenvalue weighted by Crippen LogP contribution is 2.33. The van der Waals surface area contributed by atoms with Crippen molar-refractivity contribution in [3.63, 3.8) is 0 Å². The van der Waals surface area contributed by atoms with E-state index in [0.717, 1.165) is 0 Å². The minimum absolute atomic E-state index is 0.0569. The number of carbonyl (C=O) groups excluding carboxylic acids is 1. The molecule has 1 aromatic heterocycles. The van der Waals surface area contributed by atoms with Crippen LogP contribution >= 0.6 is 0 Å². The molecule has 1 saturated heterocycles. The van der Waals surface area contributed by atoms with Gasteiger partial charge in [-0.05, 0) is 0 Å². The largest absolute Gasteiger partial charge is 0.477 e. The normalized spacial score (nSPS) is 29.3. The Morgan fingerprint density at radius 3 is 2.69 bits per heavy atom. The van der Waals surface area contributed by atoms with Crippen molar-refractivity contribution in [3.8, 4) is 0 Å². The number of hydrogen-bond donors (Lipinski definition) is 1. The number of rotatable bonds is 2. The van der Waals surface area contributed by atoms with E-state index in [-0.39, 0.29) is 10.4 Å². The van der Waals surface area contributed by atoms with Gasteiger partial charge in [0.15, 0.2) is 6.04 Å². The molecule has 0 aliphatic carbocycles. The maximum atomic E-state index is 11.9. The summed E-state index contributed by atoms with van der Waals surface area (Å²) in [5, 5.41) is 9.14. The van der Waals surface area contributed by atoms with Crippen molar-refractivity contribution < 1.29 is 14.7 Å². The molecule has 5 nitrogen and oxygen atoms in total. The van der Waals surface area contributed by atoms with Gasteiger partial charge in [-0.2, -0.15) is 0 Å². The van der Waals surface area contributed by atoms with Crippen LogP contribution in [0.2, 0.25) is 0 Å². The van der Waals surface area contributed by atoms with E-state index < -0.39 is 12.0 Å². The quantitative estimate of drug-likeness (QED) is 0.750. The maximum absolute atomic E-state index is 11.9. The van der Waals surface area contributed by atoms with Gasteiger partial charge in [-0.25, -0.2) is 14.1 Å². The summed E-state index contributed by atoms with van der Waals surface area (Å²) in [6, 6.07) is 2.70. The number of aromatic nitrogens is 1. The highest BCUT2D eigenvalue weighted by atomic mass is 16.4. The first kappa shape index (κ1) is 10.8. The zero-order chi connectivity index (χ0) is 11.8. The van der Waals surface area contributed by atoms with Crippen LogP contribution < -0.4 is 4.48 Å². The first-order valence-corrected chi connectivity index (χ1v) is 5.10. The van der Waals surface area contributed by atoms with Gasteiger partial charge in [-0.1, -0.05) is 0 Å². The minimum Gasteiger partial charge on any atom is -0.477 e. The van der Waals surface area contributed by atoms with E-state index in [9.17, 15) is 9.59 Å². The van der Waals surface area contributed by atoms with Gasteiger partial charge in [0, 0.05) is 30.9 Å². The van der Waals surface area contributed by atoms with E-state index in [1.54, 1.807) is 31.6 Å². The molecular formula is C11H13N2O3+. The third-order valence-corrected chi connectivity index (χ3v) is 3.26. The van der Waals surface area contributed by atoms with Crippen molar-refractivity contribution in [3.05, 3.63) is 24.5 Å². The number of nitrogens with zero attached hydrogens (tertiary/aromatic N) is 2. The van der Waals surface area contributed by atoms with Gasteiger partial charge in [0.25, 0.3) is 0 Å². The number of likely N-dealkylation sites (tertiary alicyclic amines) is 1. The van der Waals surface area contributed by atoms with Crippen LogP contribution in [0.3, 0.4) is 0 Å². The second kappa shape index (κ2) is 3.68. The topological polar surface area (TPSA) is 67.3 Å². The fraction of sp³-hybridized carbons (Fsp3) is 0.364. The summed E-state index contributed by atoms with van der Waals surface area (Å²) in [7, 11) is 1.66. The molecule has 16 heavy (non-hydrogen) atoms. The van der Waals surface area contributed by atoms with Crippen LogP contribution in [0.4, 0.5) is 5.69 Å². The van der Waals surface area contributed by atoms with Gasteiger partial charge in [-0.15, -0.1) is 0 Å². The molecule has 1 unspecified atom stereocenters. The average molecular weight is 221 g/mol. The highest BCUT2D eigenvalue weighted by molar-refractivity contribution is 5.97. The molecule has 84 valence electrons. The second-order valence-electron chi connectivity index (χ2n) is 4.07. The summed E-state index contributed by atoms with van der Waals surface area (Å²) in [6.45, 7) is 0. The Hall–Kier alpha value is -1.75. The Balaban J connectivity index is 2.49. The fourth-order valence-electron chi connectivity index (χ4n) is 2.25. The Morgan fingerprint density at radius 2 is 2.12 bits per heavy atom. The molecule has 2 atom stereocenters. The van der Waals surface area contributed by atoms with Crippen LogP contribution in [0.15, 0.2) is 24.5 Å². The summed E-state index contributed by atoms with van der Waals surface area (Å²) in [4.78, 5) is 26.9. The van der Waals surface area contributed by atoms with E-state index in [4.69, 9.17) is 5.11 Å². The van der Waals surface area contributed by atoms with Crippen molar-refractivity contribution in [1.82, 2.24) is 9.47 Å². The molecule has 1 aromatic rings. The van der Waals surface area contributed by atoms with Crippen LogP contribution in [-0.4, -0.2) is 35.1 Å². The maximum Gasteiger partial charge on any atom is 0.363 e. The lowest BCUT2D eigenvalue weighted by atomic mass is 10.2. The number of carboxylic acid groups (broad SMARTS) is 1. The second-order valence-corrected chi connectivity index (χ2v) is 4.07. The minimum atomic E-state index is -0.926. The molecule has 0 aromatic carbocycles. The van der Waals surface area contributed by atoms with E-state index in [1.165, 1.54) is 0 Å². The molecular weight excluding hydrogens is 208 g/mol. The number of hydrogen-bond acceptors (Lipinski definition) is 3. The van der Waals surface area contributed by atoms with Crippen LogP contribution in [0, 0.1) is 0 Å². The molecule has 0 radical (unpaired) electrons. The molecule has 2 heterocycles. The van der Waals surface area contributed by atoms with Gasteiger partial charge in [0.05, 0.1) is 13.5 Å². The molecule has 5 heteroatoms. The van der Waals surface area contributed by atoms with Gasteiger partial charge in [0.2, 0.25) is 0 Å². The number of carbonyl (C=O) groups is 2. The van der Waals surface area contributed by atoms with Crippen molar-refractivity contribution >= 4 is 17.6 Å². The van der Waals surface area contributed by atoms with E-state index in [1.807, 2.05) is 0 Å². The Kier molecular flexibility index (Phi) is 2.47. The third kappa shape index (κ3) is 1.40. The Labute approximate surface area is 92.9 Å². The molecule has 2 rings (SSSR count). The van der Waals surface area contributed by atoms with E-state index >= 15 is 0 Å². The molecule has 0 spiro atoms. The smallest absolute Gasteiger partial charge is 0.363 e. The average Bonchev–Trinajstić information content (AvgIpc) is 2.58. The molecule has 1 fully saturated rings. The summed E-state index contributed by atoms with van der Waals surface area (Å²) >= 11 is 0. The first-order chi connectivity index (χ1) is 7.56. The lowest BCUT2D eigenvalue weighted by Gasteiger charge is -2.30. The van der Waals surface area contributed by atoms with Crippen molar-refractivity contribution in [2.75, 3.05) is 7.05 Å². The number of pyridine rings is 1. The SMILES string of the molecule is C[N@@+]1(c2ccncc2)C(=O)CCC1C(=O)O. The number of amides is 1. The molecule has 1 aliphatic heterocycles. The number of aliphatic carboxylic acids is 1. The standard InChI is InChI=1S/C11H12N2O3/c1-13(8-4-6-12-7-5-8)9(11(15)16)2-3-10(13)14/h4-7,9H,2-3H2,1H3/p+1/t9?,13-/m0/s1. The predicted octanol–water partition coefficient (Wildman–Crippen LogP) is 0.792. The summed E-state index contributed by atoms with van der Waals surface area (Å²) in [5.41, 5.74) is 0.685. The first-order valence-electron chi connectivity index (χ1n) is 5.10. The highest BCUT2D eigenvalue weighted by Gasteiger charge is 2.51. The van der Waals surface area contributed by atoms with Crippen molar-refractivity contribution in [1.29, 1.82) is 0 Å². The van der Waals surface area contributed by atoms with Crippen LogP contribution in [-0.2, 0) is 9.59 Å². The molecule has 0 saturated carbocycles. The predicted molar refractivity (Wildman–Crippen MR) is 57.6 cm³/mol. The monoisotopic (exact) mass is 221 g/mol. The fourth-order valence-corrected chi connectivity index (χ4v) is 2.25. The lowest BCUT2D eigenvalue weighted by Crippen LogP contribution is -2.55. The zero-order valence-electron chi connectivity index (χ0n) is 8.96. The van der Waals surface area contributed by atoms with Gasteiger partial charge in [-0.3, -0.25) is 4.98 Å². The van der Waals surface area contributed by atoms with Gasteiger partial charge < -0.3 is 5.11 Å². The van der Waals surface area contributed by atoms with Gasteiger partial charge >= 0.3 is 11.9 Å². The summed E-state index contributed by atoms with van der Waals surface area (Å²) in [5.74, 6) is -0.983. The number of quaternary nitrogens is 1. The summed E-state index contributed by atoms with van der Waals surface area (Å²) < 4.78 is -0.155. The van der Waals surface area contributed by atoms with Crippen molar-refractivity contribution in [2.45, 2.75) is 18.9 Å². The molecule has 1 amide bonds. The summed E-state index contributed by atoms with van der Waals surface area (Å²) in [6.07, 6.45) is 3.86. The number of likely N-dealkylation sites (N-methyl/N-ethyl adjacent to an activating group) is 1. The van der Waals surface area contributed by atoms with Crippen LogP contribution in [0.25, 0.3) is 0 Å². The Morgan fingerprint density at radius 1 is 1.50 bits per heavy atom. The van der Waals surface area contributed by atoms with Gasteiger partial charge in [0.1, 0.15) is 5.69 Å². The van der Waals surface area contributed by atoms with Crippen LogP contribution in [0.5, 0.6) is 0 Å². The lowest BCUT2D eigenvalue weighted by molar-refractivity contribution is -0.144. The van der Waals surface area contributed by atoms with E-state index in [2.05, 4.69) is 4.98 Å². The molecule has 1 aliphatic rings. The zero-order valence-corrected chi connectivity index (χ0v) is 8.96.